The summed E-state index contributed by atoms with van der Waals surface area (Å²) < 4.78 is 10.4. The summed E-state index contributed by atoms with van der Waals surface area (Å²) >= 11 is 0. The van der Waals surface area contributed by atoms with Gasteiger partial charge in [0.2, 0.25) is 0 Å². The second kappa shape index (κ2) is 5.35. The molecular formula is C11H18O3. The zero-order valence-electron chi connectivity index (χ0n) is 9.08. The smallest absolute Gasteiger partial charge is 0.306 e. The van der Waals surface area contributed by atoms with Gasteiger partial charge in [-0.05, 0) is 33.1 Å². The molecule has 0 saturated carbocycles. The van der Waals surface area contributed by atoms with Crippen molar-refractivity contribution in [1.82, 2.24) is 0 Å². The zero-order valence-corrected chi connectivity index (χ0v) is 9.08. The molecule has 2 radical (unpaired) electrons. The van der Waals surface area contributed by atoms with E-state index < -0.39 is 0 Å². The Kier molecular flexibility index (Phi) is 4.39. The summed E-state index contributed by atoms with van der Waals surface area (Å²) in [5.74, 6) is 0.0547. The van der Waals surface area contributed by atoms with Crippen molar-refractivity contribution in [3.8, 4) is 0 Å². The average molecular weight is 198 g/mol. The number of carbonyl (C=O) groups is 1. The third-order valence-corrected chi connectivity index (χ3v) is 2.24. The quantitative estimate of drug-likeness (QED) is 0.649. The van der Waals surface area contributed by atoms with Crippen LogP contribution in [-0.2, 0) is 14.3 Å². The van der Waals surface area contributed by atoms with Gasteiger partial charge in [0.05, 0.1) is 18.8 Å². The summed E-state index contributed by atoms with van der Waals surface area (Å²) in [6.45, 7) is 6.25. The van der Waals surface area contributed by atoms with Crippen molar-refractivity contribution in [2.24, 2.45) is 5.92 Å². The minimum atomic E-state index is -0.133. The highest BCUT2D eigenvalue weighted by molar-refractivity contribution is 5.69. The van der Waals surface area contributed by atoms with Crippen LogP contribution in [0.1, 0.15) is 33.6 Å². The van der Waals surface area contributed by atoms with Gasteiger partial charge in [0, 0.05) is 12.8 Å². The van der Waals surface area contributed by atoms with Crippen LogP contribution in [0.25, 0.3) is 0 Å². The van der Waals surface area contributed by atoms with E-state index in [9.17, 15) is 4.79 Å². The lowest BCUT2D eigenvalue weighted by molar-refractivity contribution is -0.144. The molecule has 14 heavy (non-hydrogen) atoms. The van der Waals surface area contributed by atoms with Gasteiger partial charge in [-0.1, -0.05) is 0 Å². The van der Waals surface area contributed by atoms with Crippen molar-refractivity contribution in [3.05, 3.63) is 6.42 Å². The van der Waals surface area contributed by atoms with E-state index in [1.54, 1.807) is 0 Å². The average Bonchev–Trinajstić information content (AvgIpc) is 2.01. The minimum absolute atomic E-state index is 0.0261. The molecule has 1 aliphatic rings. The third-order valence-electron chi connectivity index (χ3n) is 2.24. The van der Waals surface area contributed by atoms with E-state index in [2.05, 4.69) is 6.42 Å². The fourth-order valence-electron chi connectivity index (χ4n) is 1.81. The number of esters is 1. The summed E-state index contributed by atoms with van der Waals surface area (Å²) in [7, 11) is 0. The predicted octanol–water partition coefficient (Wildman–Crippen LogP) is 1.83. The van der Waals surface area contributed by atoms with E-state index >= 15 is 0 Å². The van der Waals surface area contributed by atoms with Gasteiger partial charge in [0.1, 0.15) is 0 Å². The maximum atomic E-state index is 11.2. The molecule has 3 atom stereocenters. The Morgan fingerprint density at radius 2 is 2.29 bits per heavy atom. The molecular weight excluding hydrogens is 180 g/mol. The number of ether oxygens (including phenoxy) is 2. The molecule has 1 heterocycles. The van der Waals surface area contributed by atoms with E-state index in [-0.39, 0.29) is 24.1 Å². The molecule has 0 aromatic rings. The molecule has 0 aromatic heterocycles. The molecule has 1 rings (SSSR count). The number of rotatable bonds is 3. The molecule has 0 N–H and O–H groups in total. The van der Waals surface area contributed by atoms with Crippen LogP contribution in [0.15, 0.2) is 0 Å². The van der Waals surface area contributed by atoms with Crippen LogP contribution in [-0.4, -0.2) is 24.8 Å². The fraction of sp³-hybridized carbons (Fsp3) is 0.818. The van der Waals surface area contributed by atoms with Crippen LogP contribution >= 0.6 is 0 Å². The number of hydrogen-bond acceptors (Lipinski definition) is 3. The van der Waals surface area contributed by atoms with Gasteiger partial charge < -0.3 is 9.47 Å². The van der Waals surface area contributed by atoms with Gasteiger partial charge in [0.15, 0.2) is 0 Å². The standard InChI is InChI=1S/C11H18O3/c1-4-13-11(12)7-10-5-8(2)14-9(3)6-10/h8-10H,4-5,7H2,1-3H3. The molecule has 1 fully saturated rings. The molecule has 3 unspecified atom stereocenters. The second-order valence-corrected chi connectivity index (χ2v) is 3.70. The largest absolute Gasteiger partial charge is 0.466 e. The molecule has 1 aliphatic heterocycles. The van der Waals surface area contributed by atoms with Gasteiger partial charge in [-0.25, -0.2) is 0 Å². The van der Waals surface area contributed by atoms with Gasteiger partial charge in [-0.3, -0.25) is 4.79 Å². The Balaban J connectivity index is 2.33. The van der Waals surface area contributed by atoms with Crippen LogP contribution < -0.4 is 0 Å². The SMILES string of the molecule is CCOC(=O)CC1[C]C(C)OC(C)C1. The second-order valence-electron chi connectivity index (χ2n) is 3.70. The Labute approximate surface area is 85.8 Å². The normalized spacial score (nSPS) is 32.6. The summed E-state index contributed by atoms with van der Waals surface area (Å²) in [6.07, 6.45) is 4.75. The molecule has 0 bridgehead atoms. The van der Waals surface area contributed by atoms with E-state index in [0.29, 0.717) is 13.0 Å². The fourth-order valence-corrected chi connectivity index (χ4v) is 1.81. The number of hydrogen-bond donors (Lipinski definition) is 0. The molecule has 3 nitrogen and oxygen atoms in total. The molecule has 3 heteroatoms. The summed E-state index contributed by atoms with van der Waals surface area (Å²) in [6, 6.07) is 0. The van der Waals surface area contributed by atoms with E-state index in [4.69, 9.17) is 9.47 Å². The zero-order chi connectivity index (χ0) is 10.6. The van der Waals surface area contributed by atoms with Crippen LogP contribution in [0, 0.1) is 12.3 Å². The van der Waals surface area contributed by atoms with Gasteiger partial charge >= 0.3 is 5.97 Å². The Bertz CT molecular complexity index is 181. The van der Waals surface area contributed by atoms with Gasteiger partial charge in [-0.2, -0.15) is 0 Å². The lowest BCUT2D eigenvalue weighted by Crippen LogP contribution is -2.31. The Morgan fingerprint density at radius 1 is 1.57 bits per heavy atom. The van der Waals surface area contributed by atoms with Crippen molar-refractivity contribution in [1.29, 1.82) is 0 Å². The van der Waals surface area contributed by atoms with Gasteiger partial charge in [-0.15, -0.1) is 0 Å². The van der Waals surface area contributed by atoms with Crippen molar-refractivity contribution >= 4 is 5.97 Å². The summed E-state index contributed by atoms with van der Waals surface area (Å²) in [5, 5.41) is 0. The maximum absolute atomic E-state index is 11.2. The van der Waals surface area contributed by atoms with E-state index in [0.717, 1.165) is 6.42 Å². The monoisotopic (exact) mass is 198 g/mol. The highest BCUT2D eigenvalue weighted by atomic mass is 16.5. The van der Waals surface area contributed by atoms with Crippen LogP contribution in [0.5, 0.6) is 0 Å². The van der Waals surface area contributed by atoms with E-state index in [1.807, 2.05) is 20.8 Å². The highest BCUT2D eigenvalue weighted by Gasteiger charge is 2.27. The van der Waals surface area contributed by atoms with Crippen LogP contribution in [0.2, 0.25) is 0 Å². The molecule has 0 amide bonds. The Hall–Kier alpha value is -0.570. The van der Waals surface area contributed by atoms with Crippen molar-refractivity contribution < 1.29 is 14.3 Å². The molecule has 0 aliphatic carbocycles. The first-order valence-corrected chi connectivity index (χ1v) is 5.19. The van der Waals surface area contributed by atoms with Crippen LogP contribution in [0.3, 0.4) is 0 Å². The maximum Gasteiger partial charge on any atom is 0.306 e. The van der Waals surface area contributed by atoms with Crippen molar-refractivity contribution in [2.75, 3.05) is 6.61 Å². The molecule has 1 saturated heterocycles. The first-order chi connectivity index (χ1) is 6.61. The Morgan fingerprint density at radius 3 is 2.86 bits per heavy atom. The summed E-state index contributed by atoms with van der Waals surface area (Å²) in [5.41, 5.74) is 0. The molecule has 80 valence electrons. The topological polar surface area (TPSA) is 35.5 Å². The van der Waals surface area contributed by atoms with Gasteiger partial charge in [0.25, 0.3) is 0 Å². The lowest BCUT2D eigenvalue weighted by Gasteiger charge is -2.30. The first kappa shape index (κ1) is 11.5. The third kappa shape index (κ3) is 3.66. The van der Waals surface area contributed by atoms with E-state index in [1.165, 1.54) is 0 Å². The number of carbonyl (C=O) groups excluding carboxylic acids is 1. The van der Waals surface area contributed by atoms with Crippen molar-refractivity contribution in [3.63, 3.8) is 0 Å². The van der Waals surface area contributed by atoms with Crippen molar-refractivity contribution in [2.45, 2.75) is 45.8 Å². The highest BCUT2D eigenvalue weighted by Crippen LogP contribution is 2.26. The predicted molar refractivity (Wildman–Crippen MR) is 52.6 cm³/mol. The molecule has 0 spiro atoms. The molecule has 0 aromatic carbocycles. The summed E-state index contributed by atoms with van der Waals surface area (Å²) in [4.78, 5) is 11.2. The first-order valence-electron chi connectivity index (χ1n) is 5.19. The lowest BCUT2D eigenvalue weighted by atomic mass is 9.90. The minimum Gasteiger partial charge on any atom is -0.466 e. The van der Waals surface area contributed by atoms with Crippen LogP contribution in [0.4, 0.5) is 0 Å².